The Labute approximate surface area is 158 Å². The van der Waals surface area contributed by atoms with E-state index in [1.54, 1.807) is 12.1 Å². The molecule has 0 radical (unpaired) electrons. The van der Waals surface area contributed by atoms with Crippen LogP contribution >= 0.6 is 0 Å². The van der Waals surface area contributed by atoms with E-state index in [1.807, 2.05) is 0 Å². The Kier molecular flexibility index (Phi) is 5.85. The summed E-state index contributed by atoms with van der Waals surface area (Å²) in [5.74, 6) is -1.22. The molecule has 3 rings (SSSR count). The van der Waals surface area contributed by atoms with Crippen LogP contribution < -0.4 is 19.7 Å². The first-order valence-electron chi connectivity index (χ1n) is 8.80. The smallest absolute Gasteiger partial charge is 0.313 e. The van der Waals surface area contributed by atoms with Crippen LogP contribution in [0.2, 0.25) is 0 Å². The molecule has 2 N–H and O–H groups in total. The number of carbonyl (C=O) groups is 2. The van der Waals surface area contributed by atoms with Crippen LogP contribution in [-0.2, 0) is 24.3 Å². The zero-order valence-corrected chi connectivity index (χ0v) is 15.9. The van der Waals surface area contributed by atoms with Crippen LogP contribution in [0.1, 0.15) is 19.3 Å². The first-order valence-corrected chi connectivity index (χ1v) is 10.4. The van der Waals surface area contributed by atoms with Gasteiger partial charge in [0.05, 0.1) is 30.3 Å². The molecule has 1 aromatic rings. The van der Waals surface area contributed by atoms with Crippen LogP contribution in [-0.4, -0.2) is 58.9 Å². The van der Waals surface area contributed by atoms with Crippen LogP contribution in [0.25, 0.3) is 0 Å². The van der Waals surface area contributed by atoms with E-state index < -0.39 is 21.8 Å². The first kappa shape index (κ1) is 19.4. The molecular weight excluding hydrogens is 374 g/mol. The van der Waals surface area contributed by atoms with Gasteiger partial charge in [-0.2, -0.15) is 0 Å². The minimum Gasteiger partial charge on any atom is -0.495 e. The Hall–Kier alpha value is -2.33. The molecule has 10 heteroatoms. The highest BCUT2D eigenvalue weighted by atomic mass is 32.2. The van der Waals surface area contributed by atoms with Gasteiger partial charge in [0.1, 0.15) is 5.75 Å². The summed E-state index contributed by atoms with van der Waals surface area (Å²) in [5.41, 5.74) is 0.651. The lowest BCUT2D eigenvalue weighted by molar-refractivity contribution is -0.136. The van der Waals surface area contributed by atoms with Crippen LogP contribution in [0.4, 0.5) is 11.4 Å². The predicted octanol–water partition coefficient (Wildman–Crippen LogP) is 0.469. The van der Waals surface area contributed by atoms with Crippen molar-refractivity contribution in [2.75, 3.05) is 42.2 Å². The van der Waals surface area contributed by atoms with Crippen molar-refractivity contribution in [3.8, 4) is 5.75 Å². The predicted molar refractivity (Wildman–Crippen MR) is 99.4 cm³/mol. The van der Waals surface area contributed by atoms with Crippen LogP contribution in [0.15, 0.2) is 18.2 Å². The van der Waals surface area contributed by atoms with Gasteiger partial charge in [-0.3, -0.25) is 13.9 Å². The second-order valence-corrected chi connectivity index (χ2v) is 8.44. The second kappa shape index (κ2) is 8.13. The molecule has 0 bridgehead atoms. The van der Waals surface area contributed by atoms with Crippen LogP contribution in [0, 0.1) is 0 Å². The van der Waals surface area contributed by atoms with E-state index in [4.69, 9.17) is 9.47 Å². The zero-order chi connectivity index (χ0) is 19.4. The van der Waals surface area contributed by atoms with E-state index in [2.05, 4.69) is 10.6 Å². The number of benzene rings is 1. The molecule has 2 heterocycles. The maximum atomic E-state index is 12.2. The van der Waals surface area contributed by atoms with E-state index in [-0.39, 0.29) is 24.1 Å². The van der Waals surface area contributed by atoms with Gasteiger partial charge >= 0.3 is 11.8 Å². The van der Waals surface area contributed by atoms with Gasteiger partial charge in [0.2, 0.25) is 10.0 Å². The Balaban J connectivity index is 1.69. The van der Waals surface area contributed by atoms with Crippen molar-refractivity contribution in [3.63, 3.8) is 0 Å². The second-order valence-electron chi connectivity index (χ2n) is 6.43. The number of sulfonamides is 1. The number of rotatable bonds is 5. The summed E-state index contributed by atoms with van der Waals surface area (Å²) in [6.07, 6.45) is 2.26. The Morgan fingerprint density at radius 2 is 2.11 bits per heavy atom. The van der Waals surface area contributed by atoms with Crippen LogP contribution in [0.3, 0.4) is 0 Å². The van der Waals surface area contributed by atoms with Crippen molar-refractivity contribution >= 4 is 33.2 Å². The summed E-state index contributed by atoms with van der Waals surface area (Å²) in [5, 5.41) is 5.03. The monoisotopic (exact) mass is 397 g/mol. The summed E-state index contributed by atoms with van der Waals surface area (Å²) in [6.45, 7) is 1.31. The summed E-state index contributed by atoms with van der Waals surface area (Å²) in [6, 6.07) is 4.66. The molecular formula is C17H23N3O6S. The summed E-state index contributed by atoms with van der Waals surface area (Å²) in [7, 11) is -1.93. The van der Waals surface area contributed by atoms with Gasteiger partial charge in [-0.1, -0.05) is 0 Å². The van der Waals surface area contributed by atoms with E-state index in [0.29, 0.717) is 31.0 Å². The van der Waals surface area contributed by atoms with Gasteiger partial charge in [0.25, 0.3) is 0 Å². The van der Waals surface area contributed by atoms with E-state index >= 15 is 0 Å². The van der Waals surface area contributed by atoms with Crippen molar-refractivity contribution in [1.29, 1.82) is 0 Å². The number of nitrogens with zero attached hydrogens (tertiary/aromatic N) is 1. The molecule has 0 unspecified atom stereocenters. The summed E-state index contributed by atoms with van der Waals surface area (Å²) in [4.78, 5) is 24.2. The first-order chi connectivity index (χ1) is 12.9. The highest BCUT2D eigenvalue weighted by Gasteiger charge is 2.29. The third kappa shape index (κ3) is 4.51. The standard InChI is InChI=1S/C17H23N3O6S/c1-25-15-6-5-12(20-7-3-9-27(20,23)24)10-14(15)19-17(22)16(21)18-11-13-4-2-8-26-13/h5-6,10,13H,2-4,7-9,11H2,1H3,(H,18,21)(H,19,22)/t13-/m0/s1. The molecule has 2 saturated heterocycles. The SMILES string of the molecule is COc1ccc(N2CCCS2(=O)=O)cc1NC(=O)C(=O)NC[C@@H]1CCCO1. The maximum Gasteiger partial charge on any atom is 0.313 e. The van der Waals surface area contributed by atoms with Gasteiger partial charge in [0, 0.05) is 19.7 Å². The molecule has 2 aliphatic rings. The lowest BCUT2D eigenvalue weighted by Gasteiger charge is -2.19. The lowest BCUT2D eigenvalue weighted by Crippen LogP contribution is -2.39. The van der Waals surface area contributed by atoms with Gasteiger partial charge in [-0.05, 0) is 37.5 Å². The topological polar surface area (TPSA) is 114 Å². The van der Waals surface area contributed by atoms with Gasteiger partial charge < -0.3 is 20.1 Å². The fraction of sp³-hybridized carbons (Fsp3) is 0.529. The number of amides is 2. The minimum atomic E-state index is -3.35. The Morgan fingerprint density at radius 1 is 1.30 bits per heavy atom. The number of methoxy groups -OCH3 is 1. The minimum absolute atomic E-state index is 0.0695. The molecule has 0 spiro atoms. The number of hydrogen-bond acceptors (Lipinski definition) is 6. The normalized spacial score (nSPS) is 21.1. The molecule has 0 aromatic heterocycles. The van der Waals surface area contributed by atoms with E-state index in [1.165, 1.54) is 17.5 Å². The molecule has 9 nitrogen and oxygen atoms in total. The molecule has 148 valence electrons. The van der Waals surface area contributed by atoms with Gasteiger partial charge in [-0.25, -0.2) is 8.42 Å². The average Bonchev–Trinajstić information content (AvgIpc) is 3.28. The quantitative estimate of drug-likeness (QED) is 0.698. The highest BCUT2D eigenvalue weighted by molar-refractivity contribution is 7.93. The number of nitrogens with one attached hydrogen (secondary N) is 2. The summed E-state index contributed by atoms with van der Waals surface area (Å²) < 4.78 is 36.1. The summed E-state index contributed by atoms with van der Waals surface area (Å²) >= 11 is 0. The van der Waals surface area contributed by atoms with Crippen molar-refractivity contribution in [2.24, 2.45) is 0 Å². The Bertz CT molecular complexity index is 820. The van der Waals surface area contributed by atoms with Crippen molar-refractivity contribution in [3.05, 3.63) is 18.2 Å². The molecule has 0 aliphatic carbocycles. The molecule has 2 aliphatic heterocycles. The molecule has 2 amide bonds. The van der Waals surface area contributed by atoms with E-state index in [9.17, 15) is 18.0 Å². The number of anilines is 2. The van der Waals surface area contributed by atoms with Crippen molar-refractivity contribution < 1.29 is 27.5 Å². The number of hydrogen-bond donors (Lipinski definition) is 2. The fourth-order valence-corrected chi connectivity index (χ4v) is 4.71. The maximum absolute atomic E-state index is 12.2. The molecule has 1 aromatic carbocycles. The van der Waals surface area contributed by atoms with Gasteiger partial charge in [-0.15, -0.1) is 0 Å². The number of ether oxygens (including phenoxy) is 2. The lowest BCUT2D eigenvalue weighted by atomic mass is 10.2. The average molecular weight is 397 g/mol. The third-order valence-electron chi connectivity index (χ3n) is 4.54. The molecule has 2 fully saturated rings. The van der Waals surface area contributed by atoms with Crippen molar-refractivity contribution in [2.45, 2.75) is 25.4 Å². The number of carbonyl (C=O) groups excluding carboxylic acids is 2. The Morgan fingerprint density at radius 3 is 2.74 bits per heavy atom. The van der Waals surface area contributed by atoms with Gasteiger partial charge in [0.15, 0.2) is 0 Å². The fourth-order valence-electron chi connectivity index (χ4n) is 3.15. The third-order valence-corrected chi connectivity index (χ3v) is 6.41. The molecule has 27 heavy (non-hydrogen) atoms. The van der Waals surface area contributed by atoms with Crippen LogP contribution in [0.5, 0.6) is 5.75 Å². The zero-order valence-electron chi connectivity index (χ0n) is 15.1. The molecule has 1 atom stereocenters. The highest BCUT2D eigenvalue weighted by Crippen LogP contribution is 2.32. The molecule has 0 saturated carbocycles. The van der Waals surface area contributed by atoms with Crippen molar-refractivity contribution in [1.82, 2.24) is 5.32 Å². The van der Waals surface area contributed by atoms with E-state index in [0.717, 1.165) is 12.8 Å². The largest absolute Gasteiger partial charge is 0.495 e.